The third-order valence-electron chi connectivity index (χ3n) is 3.08. The lowest BCUT2D eigenvalue weighted by Gasteiger charge is -2.34. The predicted molar refractivity (Wildman–Crippen MR) is 69.8 cm³/mol. The maximum absolute atomic E-state index is 12.0. The summed E-state index contributed by atoms with van der Waals surface area (Å²) in [6.45, 7) is 5.73. The van der Waals surface area contributed by atoms with Crippen molar-refractivity contribution in [2.75, 3.05) is 5.73 Å². The lowest BCUT2D eigenvalue weighted by molar-refractivity contribution is -0.153. The first-order chi connectivity index (χ1) is 8.77. The van der Waals surface area contributed by atoms with Crippen LogP contribution in [0.2, 0.25) is 0 Å². The van der Waals surface area contributed by atoms with Crippen LogP contribution < -0.4 is 5.73 Å². The highest BCUT2D eigenvalue weighted by Crippen LogP contribution is 2.31. The lowest BCUT2D eigenvalue weighted by atomic mass is 9.82. The Kier molecular flexibility index (Phi) is 3.26. The van der Waals surface area contributed by atoms with Crippen molar-refractivity contribution in [3.63, 3.8) is 0 Å². The van der Waals surface area contributed by atoms with E-state index in [1.54, 1.807) is 13.0 Å². The number of imide groups is 1. The van der Waals surface area contributed by atoms with E-state index in [9.17, 15) is 9.59 Å². The Morgan fingerprint density at radius 2 is 1.84 bits per heavy atom. The number of hydrogen-bond acceptors (Lipinski definition) is 5. The highest BCUT2D eigenvalue weighted by molar-refractivity contribution is 5.98. The molecule has 2 heterocycles. The molecular formula is C13H18N4O2. The first-order valence-electron chi connectivity index (χ1n) is 6.20. The molecule has 102 valence electrons. The number of nitrogens with two attached hydrogens (primary N) is 1. The van der Waals surface area contributed by atoms with Crippen molar-refractivity contribution in [1.29, 1.82) is 0 Å². The zero-order valence-electron chi connectivity index (χ0n) is 11.4. The fourth-order valence-corrected chi connectivity index (χ4v) is 2.26. The Balaban J connectivity index is 2.19. The van der Waals surface area contributed by atoms with E-state index in [-0.39, 0.29) is 23.8 Å². The Morgan fingerprint density at radius 3 is 2.37 bits per heavy atom. The van der Waals surface area contributed by atoms with E-state index in [2.05, 4.69) is 9.97 Å². The van der Waals surface area contributed by atoms with Gasteiger partial charge in [0.15, 0.2) is 5.82 Å². The van der Waals surface area contributed by atoms with E-state index in [4.69, 9.17) is 5.73 Å². The zero-order valence-corrected chi connectivity index (χ0v) is 11.4. The molecule has 1 saturated heterocycles. The first kappa shape index (κ1) is 13.5. The fraction of sp³-hybridized carbons (Fsp3) is 0.538. The van der Waals surface area contributed by atoms with Gasteiger partial charge < -0.3 is 5.73 Å². The quantitative estimate of drug-likeness (QED) is 0.804. The largest absolute Gasteiger partial charge is 0.384 e. The first-order valence-corrected chi connectivity index (χ1v) is 6.20. The molecule has 0 saturated carbocycles. The van der Waals surface area contributed by atoms with Crippen molar-refractivity contribution < 1.29 is 9.59 Å². The Bertz CT molecular complexity index is 499. The van der Waals surface area contributed by atoms with Crippen LogP contribution in [0.5, 0.6) is 0 Å². The average Bonchev–Trinajstić information content (AvgIpc) is 2.20. The SMILES string of the molecule is Cc1cc(N)nc(CN2C(=O)CC(C)(C)CC2=O)n1. The summed E-state index contributed by atoms with van der Waals surface area (Å²) in [5, 5.41) is 0. The molecule has 1 aromatic rings. The van der Waals surface area contributed by atoms with Crippen molar-refractivity contribution in [2.24, 2.45) is 5.41 Å². The summed E-state index contributed by atoms with van der Waals surface area (Å²) in [5.41, 5.74) is 6.09. The minimum Gasteiger partial charge on any atom is -0.384 e. The third kappa shape index (κ3) is 3.07. The van der Waals surface area contributed by atoms with Gasteiger partial charge in [-0.1, -0.05) is 13.8 Å². The summed E-state index contributed by atoms with van der Waals surface area (Å²) in [7, 11) is 0. The molecule has 1 aliphatic rings. The number of hydrogen-bond donors (Lipinski definition) is 1. The van der Waals surface area contributed by atoms with Crippen LogP contribution in [0, 0.1) is 12.3 Å². The zero-order chi connectivity index (χ0) is 14.2. The van der Waals surface area contributed by atoms with Gasteiger partial charge in [-0.3, -0.25) is 14.5 Å². The molecule has 0 aliphatic carbocycles. The van der Waals surface area contributed by atoms with Gasteiger partial charge in [-0.15, -0.1) is 0 Å². The molecule has 0 spiro atoms. The number of piperidine rings is 1. The molecule has 1 aromatic heterocycles. The number of nitrogen functional groups attached to an aromatic ring is 1. The number of carbonyl (C=O) groups excluding carboxylic acids is 2. The second-order valence-corrected chi connectivity index (χ2v) is 5.74. The molecule has 0 aromatic carbocycles. The fourth-order valence-electron chi connectivity index (χ4n) is 2.26. The molecule has 1 aliphatic heterocycles. The normalized spacial score (nSPS) is 18.8. The predicted octanol–water partition coefficient (Wildman–Crippen LogP) is 1.04. The summed E-state index contributed by atoms with van der Waals surface area (Å²) in [6.07, 6.45) is 0.722. The van der Waals surface area contributed by atoms with Crippen LogP contribution in [0.25, 0.3) is 0 Å². The smallest absolute Gasteiger partial charge is 0.230 e. The van der Waals surface area contributed by atoms with Crippen LogP contribution in [0.4, 0.5) is 5.82 Å². The van der Waals surface area contributed by atoms with E-state index < -0.39 is 0 Å². The molecule has 19 heavy (non-hydrogen) atoms. The molecule has 0 radical (unpaired) electrons. The Labute approximate surface area is 112 Å². The number of likely N-dealkylation sites (tertiary alicyclic amines) is 1. The number of anilines is 1. The number of rotatable bonds is 2. The number of amides is 2. The standard InChI is InChI=1S/C13H18N4O2/c1-8-4-9(14)16-10(15-8)7-17-11(18)5-13(2,3)6-12(17)19/h4H,5-7H2,1-3H3,(H2,14,15,16). The molecule has 0 atom stereocenters. The van der Waals surface area contributed by atoms with Gasteiger partial charge in [0.1, 0.15) is 5.82 Å². The molecule has 2 amide bonds. The molecule has 6 nitrogen and oxygen atoms in total. The number of aromatic nitrogens is 2. The molecule has 6 heteroatoms. The van der Waals surface area contributed by atoms with Crippen LogP contribution in [-0.4, -0.2) is 26.7 Å². The van der Waals surface area contributed by atoms with E-state index in [0.717, 1.165) is 5.69 Å². The van der Waals surface area contributed by atoms with Gasteiger partial charge in [0, 0.05) is 24.6 Å². The minimum atomic E-state index is -0.267. The maximum Gasteiger partial charge on any atom is 0.230 e. The van der Waals surface area contributed by atoms with Crippen molar-refractivity contribution in [1.82, 2.24) is 14.9 Å². The van der Waals surface area contributed by atoms with Crippen LogP contribution in [0.3, 0.4) is 0 Å². The molecule has 2 rings (SSSR count). The van der Waals surface area contributed by atoms with E-state index in [0.29, 0.717) is 24.5 Å². The van der Waals surface area contributed by atoms with Gasteiger partial charge in [-0.25, -0.2) is 9.97 Å². The highest BCUT2D eigenvalue weighted by Gasteiger charge is 2.37. The molecular weight excluding hydrogens is 244 g/mol. The molecule has 0 unspecified atom stereocenters. The van der Waals surface area contributed by atoms with Crippen molar-refractivity contribution in [3.05, 3.63) is 17.6 Å². The lowest BCUT2D eigenvalue weighted by Crippen LogP contribution is -2.45. The van der Waals surface area contributed by atoms with E-state index in [1.165, 1.54) is 4.90 Å². The molecule has 1 fully saturated rings. The van der Waals surface area contributed by atoms with Gasteiger partial charge in [0.2, 0.25) is 11.8 Å². The van der Waals surface area contributed by atoms with Crippen LogP contribution >= 0.6 is 0 Å². The van der Waals surface area contributed by atoms with Crippen LogP contribution in [0.15, 0.2) is 6.07 Å². The van der Waals surface area contributed by atoms with E-state index in [1.807, 2.05) is 13.8 Å². The second kappa shape index (κ2) is 4.60. The van der Waals surface area contributed by atoms with Crippen LogP contribution in [0.1, 0.15) is 38.2 Å². The minimum absolute atomic E-state index is 0.0969. The topological polar surface area (TPSA) is 89.2 Å². The van der Waals surface area contributed by atoms with E-state index >= 15 is 0 Å². The summed E-state index contributed by atoms with van der Waals surface area (Å²) in [6, 6.07) is 1.65. The number of nitrogens with zero attached hydrogens (tertiary/aromatic N) is 3. The maximum atomic E-state index is 12.0. The molecule has 0 bridgehead atoms. The summed E-state index contributed by atoms with van der Waals surface area (Å²) >= 11 is 0. The van der Waals surface area contributed by atoms with Crippen molar-refractivity contribution in [3.8, 4) is 0 Å². The number of carbonyl (C=O) groups is 2. The number of aryl methyl sites for hydroxylation is 1. The Hall–Kier alpha value is -1.98. The monoisotopic (exact) mass is 262 g/mol. The second-order valence-electron chi connectivity index (χ2n) is 5.74. The van der Waals surface area contributed by atoms with Gasteiger partial charge in [-0.05, 0) is 12.3 Å². The van der Waals surface area contributed by atoms with Gasteiger partial charge in [0.05, 0.1) is 6.54 Å². The summed E-state index contributed by atoms with van der Waals surface area (Å²) in [5.74, 6) is 0.397. The summed E-state index contributed by atoms with van der Waals surface area (Å²) in [4.78, 5) is 33.5. The third-order valence-corrected chi connectivity index (χ3v) is 3.08. The van der Waals surface area contributed by atoms with Crippen molar-refractivity contribution >= 4 is 17.6 Å². The average molecular weight is 262 g/mol. The van der Waals surface area contributed by atoms with Gasteiger partial charge in [-0.2, -0.15) is 0 Å². The Morgan fingerprint density at radius 1 is 1.26 bits per heavy atom. The highest BCUT2D eigenvalue weighted by atomic mass is 16.2. The van der Waals surface area contributed by atoms with Crippen LogP contribution in [-0.2, 0) is 16.1 Å². The van der Waals surface area contributed by atoms with Crippen molar-refractivity contribution in [2.45, 2.75) is 40.2 Å². The van der Waals surface area contributed by atoms with Gasteiger partial charge in [0.25, 0.3) is 0 Å². The van der Waals surface area contributed by atoms with Gasteiger partial charge >= 0.3 is 0 Å². The molecule has 2 N–H and O–H groups in total. The summed E-state index contributed by atoms with van der Waals surface area (Å²) < 4.78 is 0.